The Bertz CT molecular complexity index is 1050. The molecular formula is C22H23N5O2S. The van der Waals surface area contributed by atoms with Gasteiger partial charge in [-0.3, -0.25) is 4.98 Å². The van der Waals surface area contributed by atoms with E-state index in [9.17, 15) is 4.79 Å². The van der Waals surface area contributed by atoms with E-state index in [1.54, 1.807) is 22.6 Å². The highest BCUT2D eigenvalue weighted by Gasteiger charge is 2.36. The molecule has 0 saturated heterocycles. The lowest BCUT2D eigenvalue weighted by Crippen LogP contribution is -2.30. The molecule has 1 unspecified atom stereocenters. The van der Waals surface area contributed by atoms with Crippen LogP contribution >= 0.6 is 11.8 Å². The molecule has 1 N–H and O–H groups in total. The standard InChI is InChI=1S/C22H23N5O2S/c1-3-13-30-22-25-21-24-15(2)18(20(28)29-14-16-9-5-4-6-10-16)19(27(21)26-22)17-11-7-8-12-23-17/h4-12,19H,3,13-14H2,1-2H3,(H,24,25,26). The first-order chi connectivity index (χ1) is 14.7. The highest BCUT2D eigenvalue weighted by molar-refractivity contribution is 7.99. The number of anilines is 1. The fraction of sp³-hybridized carbons (Fsp3) is 0.273. The average molecular weight is 422 g/mol. The van der Waals surface area contributed by atoms with E-state index in [-0.39, 0.29) is 6.61 Å². The zero-order chi connectivity index (χ0) is 20.9. The van der Waals surface area contributed by atoms with Crippen molar-refractivity contribution in [1.29, 1.82) is 0 Å². The Balaban J connectivity index is 1.67. The SMILES string of the molecule is CCCSc1nc2n(n1)C(c1ccccn1)C(C(=O)OCc1ccccc1)=C(C)N2. The molecule has 0 bridgehead atoms. The molecule has 3 heterocycles. The smallest absolute Gasteiger partial charge is 0.338 e. The summed E-state index contributed by atoms with van der Waals surface area (Å²) < 4.78 is 7.37. The molecule has 0 aliphatic carbocycles. The Morgan fingerprint density at radius 1 is 1.20 bits per heavy atom. The number of nitrogens with one attached hydrogen (secondary N) is 1. The second-order valence-electron chi connectivity index (χ2n) is 6.89. The van der Waals surface area contributed by atoms with Gasteiger partial charge in [0.05, 0.1) is 11.3 Å². The molecule has 1 aromatic carbocycles. The molecule has 8 heteroatoms. The van der Waals surface area contributed by atoms with Crippen LogP contribution in [0.5, 0.6) is 0 Å². The molecule has 0 amide bonds. The van der Waals surface area contributed by atoms with Crippen LogP contribution in [0.1, 0.15) is 37.6 Å². The van der Waals surface area contributed by atoms with E-state index in [2.05, 4.69) is 27.3 Å². The summed E-state index contributed by atoms with van der Waals surface area (Å²) >= 11 is 1.59. The number of fused-ring (bicyclic) bond motifs is 1. The third-order valence-corrected chi connectivity index (χ3v) is 5.71. The molecule has 4 rings (SSSR count). The zero-order valence-corrected chi connectivity index (χ0v) is 17.7. The monoisotopic (exact) mass is 421 g/mol. The highest BCUT2D eigenvalue weighted by atomic mass is 32.2. The van der Waals surface area contributed by atoms with Crippen LogP contribution in [0.3, 0.4) is 0 Å². The van der Waals surface area contributed by atoms with Crippen LogP contribution in [0, 0.1) is 0 Å². The van der Waals surface area contributed by atoms with Gasteiger partial charge in [0.2, 0.25) is 11.1 Å². The summed E-state index contributed by atoms with van der Waals surface area (Å²) in [5.41, 5.74) is 2.81. The first-order valence-electron chi connectivity index (χ1n) is 9.86. The van der Waals surface area contributed by atoms with Gasteiger partial charge in [0.25, 0.3) is 0 Å². The number of allylic oxidation sites excluding steroid dienone is 1. The first-order valence-corrected chi connectivity index (χ1v) is 10.8. The van der Waals surface area contributed by atoms with Crippen molar-refractivity contribution in [2.45, 2.75) is 38.1 Å². The summed E-state index contributed by atoms with van der Waals surface area (Å²) in [7, 11) is 0. The van der Waals surface area contributed by atoms with Crippen LogP contribution in [0.2, 0.25) is 0 Å². The van der Waals surface area contributed by atoms with E-state index >= 15 is 0 Å². The summed E-state index contributed by atoms with van der Waals surface area (Å²) in [6, 6.07) is 14.8. The van der Waals surface area contributed by atoms with Crippen molar-refractivity contribution in [2.24, 2.45) is 0 Å². The number of carbonyl (C=O) groups excluding carboxylic acids is 1. The van der Waals surface area contributed by atoms with Crippen LogP contribution in [-0.2, 0) is 16.1 Å². The maximum absolute atomic E-state index is 13.1. The Morgan fingerprint density at radius 2 is 2.00 bits per heavy atom. The molecule has 0 spiro atoms. The third kappa shape index (κ3) is 4.23. The third-order valence-electron chi connectivity index (χ3n) is 4.67. The zero-order valence-electron chi connectivity index (χ0n) is 16.9. The molecule has 7 nitrogen and oxygen atoms in total. The van der Waals surface area contributed by atoms with Crippen LogP contribution < -0.4 is 5.32 Å². The number of esters is 1. The molecule has 1 aliphatic heterocycles. The number of nitrogens with zero attached hydrogens (tertiary/aromatic N) is 4. The predicted molar refractivity (Wildman–Crippen MR) is 116 cm³/mol. The quantitative estimate of drug-likeness (QED) is 0.452. The first kappa shape index (κ1) is 20.2. The van der Waals surface area contributed by atoms with Gasteiger partial charge in [-0.2, -0.15) is 4.98 Å². The molecule has 2 aromatic heterocycles. The number of ether oxygens (including phenoxy) is 1. The van der Waals surface area contributed by atoms with Crippen LogP contribution in [0.15, 0.2) is 71.2 Å². The van der Waals surface area contributed by atoms with Crippen molar-refractivity contribution >= 4 is 23.7 Å². The van der Waals surface area contributed by atoms with E-state index in [0.29, 0.717) is 28.1 Å². The minimum Gasteiger partial charge on any atom is -0.457 e. The molecule has 0 saturated carbocycles. The van der Waals surface area contributed by atoms with E-state index in [0.717, 1.165) is 17.7 Å². The van der Waals surface area contributed by atoms with E-state index in [1.165, 1.54) is 0 Å². The minimum absolute atomic E-state index is 0.202. The van der Waals surface area contributed by atoms with Gasteiger partial charge in [0.1, 0.15) is 12.6 Å². The number of rotatable bonds is 7. The summed E-state index contributed by atoms with van der Waals surface area (Å²) in [6.45, 7) is 4.17. The maximum atomic E-state index is 13.1. The second kappa shape index (κ2) is 9.13. The average Bonchev–Trinajstić information content (AvgIpc) is 3.18. The van der Waals surface area contributed by atoms with Gasteiger partial charge in [-0.25, -0.2) is 9.48 Å². The van der Waals surface area contributed by atoms with E-state index in [4.69, 9.17) is 4.74 Å². The van der Waals surface area contributed by atoms with Crippen LogP contribution in [0.25, 0.3) is 0 Å². The lowest BCUT2D eigenvalue weighted by atomic mass is 10.00. The van der Waals surface area contributed by atoms with E-state index < -0.39 is 12.0 Å². The number of hydrogen-bond acceptors (Lipinski definition) is 7. The number of carbonyl (C=O) groups is 1. The summed E-state index contributed by atoms with van der Waals surface area (Å²) in [5.74, 6) is 1.13. The van der Waals surface area contributed by atoms with Crippen LogP contribution in [-0.4, -0.2) is 31.5 Å². The maximum Gasteiger partial charge on any atom is 0.338 e. The summed E-state index contributed by atoms with van der Waals surface area (Å²) in [6.07, 6.45) is 2.74. The number of aromatic nitrogens is 4. The largest absolute Gasteiger partial charge is 0.457 e. The van der Waals surface area contributed by atoms with Crippen molar-refractivity contribution in [1.82, 2.24) is 19.7 Å². The molecule has 0 fully saturated rings. The molecule has 0 radical (unpaired) electrons. The minimum atomic E-state index is -0.505. The topological polar surface area (TPSA) is 81.9 Å². The van der Waals surface area contributed by atoms with Crippen molar-refractivity contribution in [3.05, 3.63) is 77.3 Å². The fourth-order valence-corrected chi connectivity index (χ4v) is 3.95. The number of pyridine rings is 1. The Kier molecular flexibility index (Phi) is 6.13. The lowest BCUT2D eigenvalue weighted by molar-refractivity contribution is -0.140. The lowest BCUT2D eigenvalue weighted by Gasteiger charge is -2.27. The van der Waals surface area contributed by atoms with Gasteiger partial charge in [0, 0.05) is 17.6 Å². The number of benzene rings is 1. The summed E-state index contributed by atoms with van der Waals surface area (Å²) in [5, 5.41) is 8.54. The predicted octanol–water partition coefficient (Wildman–Crippen LogP) is 4.21. The van der Waals surface area contributed by atoms with Gasteiger partial charge >= 0.3 is 5.97 Å². The number of thioether (sulfide) groups is 1. The van der Waals surface area contributed by atoms with Gasteiger partial charge < -0.3 is 10.1 Å². The second-order valence-corrected chi connectivity index (χ2v) is 7.96. The Morgan fingerprint density at radius 3 is 2.73 bits per heavy atom. The van der Waals surface area contributed by atoms with Gasteiger partial charge in [0.15, 0.2) is 0 Å². The van der Waals surface area contributed by atoms with Crippen molar-refractivity contribution in [3.63, 3.8) is 0 Å². The molecule has 3 aromatic rings. The Labute approximate surface area is 179 Å². The highest BCUT2D eigenvalue weighted by Crippen LogP contribution is 2.36. The van der Waals surface area contributed by atoms with Crippen molar-refractivity contribution in [2.75, 3.05) is 11.1 Å². The molecule has 154 valence electrons. The van der Waals surface area contributed by atoms with Crippen LogP contribution in [0.4, 0.5) is 5.95 Å². The summed E-state index contributed by atoms with van der Waals surface area (Å²) in [4.78, 5) is 22.2. The van der Waals surface area contributed by atoms with Crippen molar-refractivity contribution < 1.29 is 9.53 Å². The van der Waals surface area contributed by atoms with Gasteiger partial charge in [-0.05, 0) is 31.0 Å². The molecule has 1 aliphatic rings. The molecular weight excluding hydrogens is 398 g/mol. The molecule has 1 atom stereocenters. The Hall–Kier alpha value is -3.13. The molecule has 30 heavy (non-hydrogen) atoms. The normalized spacial score (nSPS) is 15.5. The number of hydrogen-bond donors (Lipinski definition) is 1. The van der Waals surface area contributed by atoms with E-state index in [1.807, 2.05) is 55.5 Å². The van der Waals surface area contributed by atoms with Crippen molar-refractivity contribution in [3.8, 4) is 0 Å². The van der Waals surface area contributed by atoms with Gasteiger partial charge in [-0.15, -0.1) is 5.10 Å². The fourth-order valence-electron chi connectivity index (χ4n) is 3.26. The van der Waals surface area contributed by atoms with Gasteiger partial charge in [-0.1, -0.05) is 55.1 Å².